The molecule has 1 aliphatic heterocycles. The fraction of sp³-hybridized carbons (Fsp3) is 0.200. The standard InChI is InChI=1S/C25H24FN3O2/c26-22-17-19(13-14-23(22)29-15-7-8-16-29)18-27-28-24(30)25(31,20-9-3-1-4-10-20)21-11-5-2-6-12-21/h1-6,9-14,17-18,31H,7-8,15-16H2,(H,28,30)/b27-18-. The minimum atomic E-state index is -1.91. The summed E-state index contributed by atoms with van der Waals surface area (Å²) < 4.78 is 14.5. The van der Waals surface area contributed by atoms with Crippen molar-refractivity contribution >= 4 is 17.8 Å². The summed E-state index contributed by atoms with van der Waals surface area (Å²) in [6.07, 6.45) is 3.51. The van der Waals surface area contributed by atoms with Gasteiger partial charge in [0.2, 0.25) is 0 Å². The summed E-state index contributed by atoms with van der Waals surface area (Å²) in [6.45, 7) is 1.72. The molecule has 1 heterocycles. The highest BCUT2D eigenvalue weighted by Gasteiger charge is 2.39. The van der Waals surface area contributed by atoms with Crippen LogP contribution in [0.1, 0.15) is 29.5 Å². The van der Waals surface area contributed by atoms with Crippen molar-refractivity contribution in [2.45, 2.75) is 18.4 Å². The molecule has 2 N–H and O–H groups in total. The Bertz CT molecular complexity index is 1030. The molecule has 0 spiro atoms. The first-order chi connectivity index (χ1) is 15.1. The van der Waals surface area contributed by atoms with E-state index >= 15 is 0 Å². The largest absolute Gasteiger partial charge is 0.372 e. The van der Waals surface area contributed by atoms with Crippen molar-refractivity contribution in [3.8, 4) is 0 Å². The summed E-state index contributed by atoms with van der Waals surface area (Å²) in [5.41, 5.74) is 2.45. The highest BCUT2D eigenvalue weighted by molar-refractivity contribution is 5.91. The molecule has 1 saturated heterocycles. The second-order valence-corrected chi connectivity index (χ2v) is 7.55. The van der Waals surface area contributed by atoms with E-state index < -0.39 is 11.5 Å². The van der Waals surface area contributed by atoms with E-state index in [1.54, 1.807) is 60.7 Å². The summed E-state index contributed by atoms with van der Waals surface area (Å²) in [5.74, 6) is -1.02. The third-order valence-corrected chi connectivity index (χ3v) is 5.51. The van der Waals surface area contributed by atoms with E-state index in [0.29, 0.717) is 22.4 Å². The number of halogens is 1. The zero-order valence-corrected chi connectivity index (χ0v) is 17.0. The molecule has 4 rings (SSSR count). The number of anilines is 1. The maximum Gasteiger partial charge on any atom is 0.281 e. The minimum absolute atomic E-state index is 0.317. The molecule has 0 unspecified atom stereocenters. The average Bonchev–Trinajstić information content (AvgIpc) is 3.34. The van der Waals surface area contributed by atoms with Gasteiger partial charge in [0.05, 0.1) is 11.9 Å². The normalized spacial score (nSPS) is 14.2. The molecule has 0 bridgehead atoms. The number of rotatable bonds is 6. The van der Waals surface area contributed by atoms with Crippen LogP contribution in [0.25, 0.3) is 0 Å². The third kappa shape index (κ3) is 4.34. The van der Waals surface area contributed by atoms with Crippen molar-refractivity contribution in [3.63, 3.8) is 0 Å². The van der Waals surface area contributed by atoms with E-state index in [1.807, 2.05) is 17.0 Å². The maximum atomic E-state index is 14.5. The fourth-order valence-corrected chi connectivity index (χ4v) is 3.85. The molecule has 1 aliphatic rings. The summed E-state index contributed by atoms with van der Waals surface area (Å²) >= 11 is 0. The first-order valence-corrected chi connectivity index (χ1v) is 10.3. The molecule has 1 amide bonds. The number of nitrogens with zero attached hydrogens (tertiary/aromatic N) is 2. The number of hydrazone groups is 1. The Hall–Kier alpha value is -3.51. The van der Waals surface area contributed by atoms with Crippen LogP contribution in [0.3, 0.4) is 0 Å². The van der Waals surface area contributed by atoms with E-state index in [0.717, 1.165) is 25.9 Å². The van der Waals surface area contributed by atoms with Crippen LogP contribution in [0.15, 0.2) is 84.0 Å². The summed E-state index contributed by atoms with van der Waals surface area (Å²) in [5, 5.41) is 15.3. The molecule has 1 fully saturated rings. The van der Waals surface area contributed by atoms with Gasteiger partial charge in [-0.25, -0.2) is 9.82 Å². The number of carbonyl (C=O) groups excluding carboxylic acids is 1. The van der Waals surface area contributed by atoms with E-state index in [9.17, 15) is 14.3 Å². The van der Waals surface area contributed by atoms with Crippen molar-refractivity contribution in [1.82, 2.24) is 5.43 Å². The lowest BCUT2D eigenvalue weighted by Crippen LogP contribution is -2.43. The molecule has 3 aromatic carbocycles. The Morgan fingerprint density at radius 3 is 2.10 bits per heavy atom. The van der Waals surface area contributed by atoms with Gasteiger partial charge < -0.3 is 10.0 Å². The van der Waals surface area contributed by atoms with Crippen LogP contribution in [0.2, 0.25) is 0 Å². The molecule has 6 heteroatoms. The molecule has 0 saturated carbocycles. The van der Waals surface area contributed by atoms with Crippen molar-refractivity contribution in [3.05, 3.63) is 101 Å². The van der Waals surface area contributed by atoms with Gasteiger partial charge in [0, 0.05) is 13.1 Å². The van der Waals surface area contributed by atoms with Crippen molar-refractivity contribution in [1.29, 1.82) is 0 Å². The van der Waals surface area contributed by atoms with Crippen molar-refractivity contribution in [2.24, 2.45) is 5.10 Å². The van der Waals surface area contributed by atoms with Gasteiger partial charge in [-0.3, -0.25) is 4.79 Å². The van der Waals surface area contributed by atoms with Gasteiger partial charge >= 0.3 is 0 Å². The van der Waals surface area contributed by atoms with Crippen LogP contribution in [0, 0.1) is 5.82 Å². The molecular formula is C25H24FN3O2. The van der Waals surface area contributed by atoms with Crippen LogP contribution in [-0.4, -0.2) is 30.3 Å². The molecule has 0 radical (unpaired) electrons. The molecule has 5 nitrogen and oxygen atoms in total. The molecule has 3 aromatic rings. The third-order valence-electron chi connectivity index (χ3n) is 5.51. The first-order valence-electron chi connectivity index (χ1n) is 10.3. The van der Waals surface area contributed by atoms with Gasteiger partial charge in [-0.1, -0.05) is 66.7 Å². The fourth-order valence-electron chi connectivity index (χ4n) is 3.85. The second kappa shape index (κ2) is 9.10. The lowest BCUT2D eigenvalue weighted by Gasteiger charge is -2.27. The van der Waals surface area contributed by atoms with Gasteiger partial charge in [0.25, 0.3) is 5.91 Å². The maximum absolute atomic E-state index is 14.5. The summed E-state index contributed by atoms with van der Waals surface area (Å²) in [7, 11) is 0. The zero-order chi connectivity index (χ0) is 21.7. The number of benzene rings is 3. The van der Waals surface area contributed by atoms with Crippen LogP contribution in [0.5, 0.6) is 0 Å². The lowest BCUT2D eigenvalue weighted by molar-refractivity contribution is -0.136. The predicted molar refractivity (Wildman–Crippen MR) is 119 cm³/mol. The number of amides is 1. The van der Waals surface area contributed by atoms with Crippen molar-refractivity contribution in [2.75, 3.05) is 18.0 Å². The molecule has 0 aliphatic carbocycles. The Kier molecular flexibility index (Phi) is 6.09. The highest BCUT2D eigenvalue weighted by atomic mass is 19.1. The Balaban J connectivity index is 1.53. The molecule has 0 atom stereocenters. The van der Waals surface area contributed by atoms with E-state index in [2.05, 4.69) is 10.5 Å². The van der Waals surface area contributed by atoms with Gasteiger partial charge in [-0.15, -0.1) is 0 Å². The van der Waals surface area contributed by atoms with Crippen LogP contribution < -0.4 is 10.3 Å². The molecule has 0 aromatic heterocycles. The highest BCUT2D eigenvalue weighted by Crippen LogP contribution is 2.30. The predicted octanol–water partition coefficient (Wildman–Crippen LogP) is 3.81. The number of carbonyl (C=O) groups is 1. The monoisotopic (exact) mass is 417 g/mol. The average molecular weight is 417 g/mol. The van der Waals surface area contributed by atoms with Crippen LogP contribution >= 0.6 is 0 Å². The number of nitrogens with one attached hydrogen (secondary N) is 1. The second-order valence-electron chi connectivity index (χ2n) is 7.55. The van der Waals surface area contributed by atoms with E-state index in [4.69, 9.17) is 0 Å². The molecule has 158 valence electrons. The Labute approximate surface area is 180 Å². The smallest absolute Gasteiger partial charge is 0.281 e. The zero-order valence-electron chi connectivity index (χ0n) is 17.0. The topological polar surface area (TPSA) is 64.9 Å². The number of hydrogen-bond acceptors (Lipinski definition) is 4. The quantitative estimate of drug-likeness (QED) is 0.474. The van der Waals surface area contributed by atoms with E-state index in [-0.39, 0.29) is 5.82 Å². The SMILES string of the molecule is O=C(N/N=C\c1ccc(N2CCCC2)c(F)c1)C(O)(c1ccccc1)c1ccccc1. The Morgan fingerprint density at radius 2 is 1.55 bits per heavy atom. The number of hydrogen-bond donors (Lipinski definition) is 2. The van der Waals surface area contributed by atoms with E-state index in [1.165, 1.54) is 12.3 Å². The summed E-state index contributed by atoms with van der Waals surface area (Å²) in [6, 6.07) is 22.3. The summed E-state index contributed by atoms with van der Waals surface area (Å²) in [4.78, 5) is 15.0. The van der Waals surface area contributed by atoms with Gasteiger partial charge in [0.15, 0.2) is 5.60 Å². The lowest BCUT2D eigenvalue weighted by atomic mass is 9.85. The number of aliphatic hydroxyl groups is 1. The van der Waals surface area contributed by atoms with Crippen LogP contribution in [-0.2, 0) is 10.4 Å². The van der Waals surface area contributed by atoms with Crippen molar-refractivity contribution < 1.29 is 14.3 Å². The Morgan fingerprint density at radius 1 is 0.968 bits per heavy atom. The molecular weight excluding hydrogens is 393 g/mol. The van der Waals surface area contributed by atoms with Gasteiger partial charge in [-0.05, 0) is 41.7 Å². The van der Waals surface area contributed by atoms with Gasteiger partial charge in [-0.2, -0.15) is 5.10 Å². The minimum Gasteiger partial charge on any atom is -0.372 e. The van der Waals surface area contributed by atoms with Crippen LogP contribution in [0.4, 0.5) is 10.1 Å². The van der Waals surface area contributed by atoms with Gasteiger partial charge in [0.1, 0.15) is 5.82 Å². The first kappa shape index (κ1) is 20.8. The molecule has 31 heavy (non-hydrogen) atoms.